The maximum Gasteiger partial charge on any atom is 0.244 e. The Kier molecular flexibility index (Phi) is 5.99. The average Bonchev–Trinajstić information content (AvgIpc) is 3.03. The van der Waals surface area contributed by atoms with Crippen LogP contribution in [0.5, 0.6) is 5.75 Å². The van der Waals surface area contributed by atoms with Crippen LogP contribution < -0.4 is 15.4 Å². The highest BCUT2D eigenvalue weighted by atomic mass is 16.5. The summed E-state index contributed by atoms with van der Waals surface area (Å²) in [4.78, 5) is 22.6. The van der Waals surface area contributed by atoms with Crippen LogP contribution in [0.2, 0.25) is 0 Å². The molecule has 0 saturated heterocycles. The average molecular weight is 314 g/mol. The second-order valence-corrected chi connectivity index (χ2v) is 4.70. The van der Waals surface area contributed by atoms with E-state index in [4.69, 9.17) is 9.15 Å². The molecule has 6 nitrogen and oxygen atoms in total. The molecule has 0 spiro atoms. The van der Waals surface area contributed by atoms with Gasteiger partial charge in [-0.05, 0) is 30.3 Å². The number of carbonyl (C=O) groups is 2. The SMILES string of the molecule is CC(=O)Nc1cccc(OCCNC(=O)/C=C/c2ccco2)c1. The molecule has 6 heteroatoms. The Morgan fingerprint density at radius 1 is 1.26 bits per heavy atom. The van der Waals surface area contributed by atoms with Gasteiger partial charge >= 0.3 is 0 Å². The fourth-order valence-corrected chi connectivity index (χ4v) is 1.81. The molecule has 1 aromatic carbocycles. The van der Waals surface area contributed by atoms with Crippen molar-refractivity contribution in [1.82, 2.24) is 5.32 Å². The third-order valence-corrected chi connectivity index (χ3v) is 2.77. The maximum absolute atomic E-state index is 11.6. The van der Waals surface area contributed by atoms with Crippen LogP contribution in [0.15, 0.2) is 53.2 Å². The van der Waals surface area contributed by atoms with E-state index in [0.29, 0.717) is 30.3 Å². The van der Waals surface area contributed by atoms with Crippen LogP contribution in [-0.4, -0.2) is 25.0 Å². The van der Waals surface area contributed by atoms with E-state index in [1.165, 1.54) is 13.0 Å². The second kappa shape index (κ2) is 8.43. The minimum absolute atomic E-state index is 0.141. The smallest absolute Gasteiger partial charge is 0.244 e. The molecule has 2 rings (SSSR count). The van der Waals surface area contributed by atoms with Gasteiger partial charge in [0, 0.05) is 24.8 Å². The molecule has 0 atom stereocenters. The van der Waals surface area contributed by atoms with E-state index < -0.39 is 0 Å². The van der Waals surface area contributed by atoms with Gasteiger partial charge in [-0.3, -0.25) is 9.59 Å². The molecular weight excluding hydrogens is 296 g/mol. The lowest BCUT2D eigenvalue weighted by molar-refractivity contribution is -0.116. The number of furan rings is 1. The summed E-state index contributed by atoms with van der Waals surface area (Å²) >= 11 is 0. The molecular formula is C17H18N2O4. The summed E-state index contributed by atoms with van der Waals surface area (Å²) in [5.74, 6) is 0.873. The first-order valence-electron chi connectivity index (χ1n) is 7.13. The summed E-state index contributed by atoms with van der Waals surface area (Å²) in [5, 5.41) is 5.38. The highest BCUT2D eigenvalue weighted by Crippen LogP contribution is 2.16. The van der Waals surface area contributed by atoms with Crippen molar-refractivity contribution < 1.29 is 18.7 Å². The second-order valence-electron chi connectivity index (χ2n) is 4.70. The first-order chi connectivity index (χ1) is 11.1. The summed E-state index contributed by atoms with van der Waals surface area (Å²) in [5.41, 5.74) is 0.667. The molecule has 0 unspecified atom stereocenters. The number of anilines is 1. The number of carbonyl (C=O) groups excluding carboxylic acids is 2. The number of rotatable bonds is 7. The van der Waals surface area contributed by atoms with Crippen molar-refractivity contribution in [3.63, 3.8) is 0 Å². The van der Waals surface area contributed by atoms with E-state index in [0.717, 1.165) is 0 Å². The van der Waals surface area contributed by atoms with Crippen molar-refractivity contribution in [2.75, 3.05) is 18.5 Å². The molecule has 0 aliphatic rings. The van der Waals surface area contributed by atoms with Crippen LogP contribution in [0, 0.1) is 0 Å². The molecule has 1 aromatic heterocycles. The van der Waals surface area contributed by atoms with Gasteiger partial charge in [0.25, 0.3) is 0 Å². The largest absolute Gasteiger partial charge is 0.492 e. The maximum atomic E-state index is 11.6. The van der Waals surface area contributed by atoms with Gasteiger partial charge < -0.3 is 19.8 Å². The molecule has 0 fully saturated rings. The van der Waals surface area contributed by atoms with Crippen LogP contribution in [0.4, 0.5) is 5.69 Å². The van der Waals surface area contributed by atoms with Gasteiger partial charge in [0.05, 0.1) is 12.8 Å². The van der Waals surface area contributed by atoms with E-state index in [2.05, 4.69) is 10.6 Å². The Bertz CT molecular complexity index is 678. The minimum Gasteiger partial charge on any atom is -0.492 e. The Balaban J connectivity index is 1.70. The van der Waals surface area contributed by atoms with Crippen molar-refractivity contribution in [1.29, 1.82) is 0 Å². The molecule has 2 amide bonds. The quantitative estimate of drug-likeness (QED) is 0.607. The van der Waals surface area contributed by atoms with Crippen molar-refractivity contribution in [2.45, 2.75) is 6.92 Å². The van der Waals surface area contributed by atoms with Crippen LogP contribution in [0.1, 0.15) is 12.7 Å². The predicted molar refractivity (Wildman–Crippen MR) is 87.0 cm³/mol. The summed E-state index contributed by atoms with van der Waals surface area (Å²) in [6.45, 7) is 2.13. The standard InChI is InChI=1S/C17H18N2O4/c1-13(20)19-14-4-2-5-16(12-14)23-11-9-18-17(21)8-7-15-6-3-10-22-15/h2-8,10,12H,9,11H2,1H3,(H,18,21)(H,19,20)/b8-7+. The Labute approximate surface area is 134 Å². The van der Waals surface area contributed by atoms with Gasteiger partial charge in [0.2, 0.25) is 11.8 Å². The van der Waals surface area contributed by atoms with Gasteiger partial charge in [-0.2, -0.15) is 0 Å². The van der Waals surface area contributed by atoms with Crippen LogP contribution in [0.25, 0.3) is 6.08 Å². The summed E-state index contributed by atoms with van der Waals surface area (Å²) in [6, 6.07) is 10.6. The lowest BCUT2D eigenvalue weighted by atomic mass is 10.3. The number of ether oxygens (including phenoxy) is 1. The fraction of sp³-hybridized carbons (Fsp3) is 0.176. The lowest BCUT2D eigenvalue weighted by Gasteiger charge is -2.08. The Hall–Kier alpha value is -3.02. The van der Waals surface area contributed by atoms with E-state index in [1.54, 1.807) is 48.7 Å². The van der Waals surface area contributed by atoms with Crippen molar-refractivity contribution in [3.05, 3.63) is 54.5 Å². The first kappa shape index (κ1) is 16.4. The molecule has 1 heterocycles. The van der Waals surface area contributed by atoms with Gasteiger partial charge in [-0.15, -0.1) is 0 Å². The number of benzene rings is 1. The molecule has 0 aliphatic heterocycles. The van der Waals surface area contributed by atoms with E-state index in [1.807, 2.05) is 0 Å². The zero-order valence-corrected chi connectivity index (χ0v) is 12.7. The Morgan fingerprint density at radius 3 is 2.87 bits per heavy atom. The number of hydrogen-bond acceptors (Lipinski definition) is 4. The molecule has 2 N–H and O–H groups in total. The zero-order chi connectivity index (χ0) is 16.5. The van der Waals surface area contributed by atoms with Gasteiger partial charge in [0.15, 0.2) is 0 Å². The van der Waals surface area contributed by atoms with Crippen molar-refractivity contribution in [2.24, 2.45) is 0 Å². The molecule has 0 saturated carbocycles. The normalized spacial score (nSPS) is 10.5. The summed E-state index contributed by atoms with van der Waals surface area (Å²) < 4.78 is 10.6. The summed E-state index contributed by atoms with van der Waals surface area (Å²) in [6.07, 6.45) is 4.53. The van der Waals surface area contributed by atoms with Gasteiger partial charge in [-0.1, -0.05) is 6.07 Å². The van der Waals surface area contributed by atoms with Crippen LogP contribution >= 0.6 is 0 Å². The minimum atomic E-state index is -0.225. The predicted octanol–water partition coefficient (Wildman–Crippen LogP) is 2.45. The Morgan fingerprint density at radius 2 is 2.13 bits per heavy atom. The first-order valence-corrected chi connectivity index (χ1v) is 7.13. The van der Waals surface area contributed by atoms with E-state index in [-0.39, 0.29) is 11.8 Å². The lowest BCUT2D eigenvalue weighted by Crippen LogP contribution is -2.26. The van der Waals surface area contributed by atoms with Crippen molar-refractivity contribution in [3.8, 4) is 5.75 Å². The zero-order valence-electron chi connectivity index (χ0n) is 12.7. The van der Waals surface area contributed by atoms with Crippen LogP contribution in [0.3, 0.4) is 0 Å². The third-order valence-electron chi connectivity index (χ3n) is 2.77. The van der Waals surface area contributed by atoms with Gasteiger partial charge in [0.1, 0.15) is 18.1 Å². The third kappa shape index (κ3) is 6.09. The van der Waals surface area contributed by atoms with Gasteiger partial charge in [-0.25, -0.2) is 0 Å². The molecule has 2 aromatic rings. The highest BCUT2D eigenvalue weighted by molar-refractivity contribution is 5.91. The summed E-state index contributed by atoms with van der Waals surface area (Å²) in [7, 11) is 0. The number of hydrogen-bond donors (Lipinski definition) is 2. The van der Waals surface area contributed by atoms with E-state index >= 15 is 0 Å². The number of amides is 2. The molecule has 120 valence electrons. The van der Waals surface area contributed by atoms with Crippen LogP contribution in [-0.2, 0) is 9.59 Å². The molecule has 0 radical (unpaired) electrons. The topological polar surface area (TPSA) is 80.6 Å². The number of nitrogens with one attached hydrogen (secondary N) is 2. The molecule has 23 heavy (non-hydrogen) atoms. The highest BCUT2D eigenvalue weighted by Gasteiger charge is 2.00. The fourth-order valence-electron chi connectivity index (χ4n) is 1.81. The molecule has 0 aliphatic carbocycles. The monoisotopic (exact) mass is 314 g/mol. The van der Waals surface area contributed by atoms with Crippen molar-refractivity contribution >= 4 is 23.6 Å². The molecule has 0 bridgehead atoms. The van der Waals surface area contributed by atoms with E-state index in [9.17, 15) is 9.59 Å².